The molecule has 1 fully saturated rings. The number of benzene rings is 2. The third kappa shape index (κ3) is 4.60. The van der Waals surface area contributed by atoms with Crippen LogP contribution in [0.4, 0.5) is 0 Å². The molecule has 160 valence electrons. The molecule has 0 saturated carbocycles. The van der Waals surface area contributed by atoms with Crippen LogP contribution >= 0.6 is 0 Å². The lowest BCUT2D eigenvalue weighted by Gasteiger charge is -2.32. The highest BCUT2D eigenvalue weighted by atomic mass is 16.5. The van der Waals surface area contributed by atoms with Gasteiger partial charge in [0.1, 0.15) is 18.7 Å². The van der Waals surface area contributed by atoms with Gasteiger partial charge in [-0.05, 0) is 23.6 Å². The van der Waals surface area contributed by atoms with Gasteiger partial charge in [-0.15, -0.1) is 0 Å². The quantitative estimate of drug-likeness (QED) is 0.513. The molecular weight excluding hydrogens is 394 g/mol. The second-order valence-corrected chi connectivity index (χ2v) is 7.81. The van der Waals surface area contributed by atoms with E-state index in [0.717, 1.165) is 22.0 Å². The second kappa shape index (κ2) is 9.04. The molecule has 3 atom stereocenters. The van der Waals surface area contributed by atoms with Crippen molar-refractivity contribution in [3.8, 4) is 0 Å². The zero-order valence-corrected chi connectivity index (χ0v) is 17.3. The molecule has 2 amide bonds. The van der Waals surface area contributed by atoms with E-state index in [1.165, 1.54) is 0 Å². The molecule has 3 N–H and O–H groups in total. The molecule has 1 aromatic heterocycles. The maximum Gasteiger partial charge on any atom is 0.306 e. The Labute approximate surface area is 180 Å². The Kier molecular flexibility index (Phi) is 6.02. The van der Waals surface area contributed by atoms with Crippen molar-refractivity contribution in [2.24, 2.45) is 0 Å². The lowest BCUT2D eigenvalue weighted by molar-refractivity contribution is -0.146. The van der Waals surface area contributed by atoms with Gasteiger partial charge in [0.05, 0.1) is 0 Å². The Balaban J connectivity index is 1.32. The van der Waals surface area contributed by atoms with E-state index >= 15 is 0 Å². The summed E-state index contributed by atoms with van der Waals surface area (Å²) >= 11 is 0. The number of carbonyl (C=O) groups excluding carboxylic acids is 3. The number of esters is 1. The van der Waals surface area contributed by atoms with Crippen molar-refractivity contribution in [1.29, 1.82) is 0 Å². The first-order valence-corrected chi connectivity index (χ1v) is 10.4. The number of aromatic amines is 1. The van der Waals surface area contributed by atoms with Crippen molar-refractivity contribution in [3.63, 3.8) is 0 Å². The van der Waals surface area contributed by atoms with Gasteiger partial charge in [-0.1, -0.05) is 55.5 Å². The molecule has 3 aromatic rings. The first-order valence-electron chi connectivity index (χ1n) is 10.4. The number of nitrogens with one attached hydrogen (secondary N) is 3. The summed E-state index contributed by atoms with van der Waals surface area (Å²) in [6.45, 7) is 2.11. The minimum atomic E-state index is -0.747. The summed E-state index contributed by atoms with van der Waals surface area (Å²) in [5, 5.41) is 6.63. The third-order valence-corrected chi connectivity index (χ3v) is 5.70. The second-order valence-electron chi connectivity index (χ2n) is 7.81. The number of H-pyrrole nitrogens is 1. The van der Waals surface area contributed by atoms with Crippen molar-refractivity contribution in [2.75, 3.05) is 0 Å². The molecule has 0 aliphatic carbocycles. The Hall–Kier alpha value is -3.61. The van der Waals surface area contributed by atoms with Crippen LogP contribution in [0.25, 0.3) is 10.9 Å². The molecule has 0 spiro atoms. The van der Waals surface area contributed by atoms with Gasteiger partial charge < -0.3 is 20.4 Å². The van der Waals surface area contributed by atoms with Gasteiger partial charge in [0, 0.05) is 29.4 Å². The highest BCUT2D eigenvalue weighted by Crippen LogP contribution is 2.28. The summed E-state index contributed by atoms with van der Waals surface area (Å²) in [7, 11) is 0. The number of hydrogen-bond acceptors (Lipinski definition) is 4. The standard InChI is InChI=1S/C24H25N3O4/c1-15(18-13-25-19-10-6-5-9-17(18)19)22-24(30)26-20(23(29)27-22)11-12-21(28)31-14-16-7-3-2-4-8-16/h2-10,13,15,20,22,25H,11-12,14H2,1H3,(H,26,30)(H,27,29)/t15?,20-,22-/m1/s1. The number of piperazine rings is 1. The van der Waals surface area contributed by atoms with Crippen LogP contribution in [0.1, 0.15) is 36.8 Å². The summed E-state index contributed by atoms with van der Waals surface area (Å²) < 4.78 is 5.24. The largest absolute Gasteiger partial charge is 0.461 e. The zero-order valence-electron chi connectivity index (χ0n) is 17.3. The maximum absolute atomic E-state index is 12.7. The zero-order chi connectivity index (χ0) is 21.8. The molecule has 2 heterocycles. The minimum Gasteiger partial charge on any atom is -0.461 e. The first kappa shape index (κ1) is 20.7. The molecule has 1 aliphatic heterocycles. The SMILES string of the molecule is CC(c1c[nH]c2ccccc12)[C@H]1NC(=O)[C@@H](CCC(=O)OCc2ccccc2)NC1=O. The summed E-state index contributed by atoms with van der Waals surface area (Å²) in [5.74, 6) is -1.15. The van der Waals surface area contributed by atoms with Crippen molar-refractivity contribution >= 4 is 28.7 Å². The van der Waals surface area contributed by atoms with Crippen LogP contribution in [0.15, 0.2) is 60.8 Å². The van der Waals surface area contributed by atoms with Crippen molar-refractivity contribution in [3.05, 3.63) is 71.9 Å². The van der Waals surface area contributed by atoms with Crippen LogP contribution in [0.3, 0.4) is 0 Å². The molecule has 31 heavy (non-hydrogen) atoms. The van der Waals surface area contributed by atoms with Crippen LogP contribution < -0.4 is 10.6 Å². The average molecular weight is 419 g/mol. The fourth-order valence-electron chi connectivity index (χ4n) is 3.92. The molecule has 1 saturated heterocycles. The number of amides is 2. The van der Waals surface area contributed by atoms with Gasteiger partial charge in [0.15, 0.2) is 0 Å². The molecule has 1 aliphatic rings. The number of rotatable bonds is 7. The summed E-state index contributed by atoms with van der Waals surface area (Å²) in [6, 6.07) is 15.8. The number of carbonyl (C=O) groups is 3. The van der Waals surface area contributed by atoms with E-state index in [1.807, 2.05) is 67.7 Å². The van der Waals surface area contributed by atoms with E-state index in [-0.39, 0.29) is 37.2 Å². The fraction of sp³-hybridized carbons (Fsp3) is 0.292. The monoisotopic (exact) mass is 419 g/mol. The van der Waals surface area contributed by atoms with E-state index in [0.29, 0.717) is 0 Å². The molecule has 7 heteroatoms. The van der Waals surface area contributed by atoms with Crippen LogP contribution in [0, 0.1) is 0 Å². The van der Waals surface area contributed by atoms with E-state index in [2.05, 4.69) is 15.6 Å². The Morgan fingerprint density at radius 3 is 2.55 bits per heavy atom. The normalized spacial score (nSPS) is 19.5. The molecular formula is C24H25N3O4. The Morgan fingerprint density at radius 2 is 1.74 bits per heavy atom. The highest BCUT2D eigenvalue weighted by Gasteiger charge is 2.37. The lowest BCUT2D eigenvalue weighted by atomic mass is 9.90. The molecule has 0 radical (unpaired) electrons. The van der Waals surface area contributed by atoms with Gasteiger partial charge >= 0.3 is 5.97 Å². The molecule has 2 aromatic carbocycles. The van der Waals surface area contributed by atoms with Gasteiger partial charge in [-0.3, -0.25) is 14.4 Å². The predicted octanol–water partition coefficient (Wildman–Crippen LogP) is 2.78. The number of aromatic nitrogens is 1. The molecule has 4 rings (SSSR count). The highest BCUT2D eigenvalue weighted by molar-refractivity contribution is 5.98. The summed E-state index contributed by atoms with van der Waals surface area (Å²) in [6.07, 6.45) is 2.12. The molecule has 1 unspecified atom stereocenters. The van der Waals surface area contributed by atoms with Crippen molar-refractivity contribution in [2.45, 2.75) is 44.4 Å². The number of ether oxygens (including phenoxy) is 1. The minimum absolute atomic E-state index is 0.0495. The molecule has 7 nitrogen and oxygen atoms in total. The van der Waals surface area contributed by atoms with Gasteiger partial charge in [0.2, 0.25) is 11.8 Å². The van der Waals surface area contributed by atoms with Crippen molar-refractivity contribution in [1.82, 2.24) is 15.6 Å². The fourth-order valence-corrected chi connectivity index (χ4v) is 3.92. The summed E-state index contributed by atoms with van der Waals surface area (Å²) in [4.78, 5) is 40.6. The topological polar surface area (TPSA) is 100 Å². The third-order valence-electron chi connectivity index (χ3n) is 5.70. The number of fused-ring (bicyclic) bond motifs is 1. The summed E-state index contributed by atoms with van der Waals surface area (Å²) in [5.41, 5.74) is 2.85. The lowest BCUT2D eigenvalue weighted by Crippen LogP contribution is -2.63. The molecule has 0 bridgehead atoms. The smallest absolute Gasteiger partial charge is 0.306 e. The van der Waals surface area contributed by atoms with E-state index in [4.69, 9.17) is 4.74 Å². The van der Waals surface area contributed by atoms with Gasteiger partial charge in [-0.2, -0.15) is 0 Å². The van der Waals surface area contributed by atoms with Crippen molar-refractivity contribution < 1.29 is 19.1 Å². The van der Waals surface area contributed by atoms with Crippen LogP contribution in [-0.4, -0.2) is 34.9 Å². The van der Waals surface area contributed by atoms with Gasteiger partial charge in [0.25, 0.3) is 0 Å². The Bertz CT molecular complexity index is 1090. The average Bonchev–Trinajstić information content (AvgIpc) is 3.22. The van der Waals surface area contributed by atoms with Crippen LogP contribution in [0.2, 0.25) is 0 Å². The van der Waals surface area contributed by atoms with E-state index in [9.17, 15) is 14.4 Å². The maximum atomic E-state index is 12.7. The van der Waals surface area contributed by atoms with Crippen LogP contribution in [0.5, 0.6) is 0 Å². The van der Waals surface area contributed by atoms with E-state index < -0.39 is 18.1 Å². The van der Waals surface area contributed by atoms with E-state index in [1.54, 1.807) is 0 Å². The number of hydrogen-bond donors (Lipinski definition) is 3. The predicted molar refractivity (Wildman–Crippen MR) is 116 cm³/mol. The first-order chi connectivity index (χ1) is 15.0. The number of para-hydroxylation sites is 1. The Morgan fingerprint density at radius 1 is 1.00 bits per heavy atom. The van der Waals surface area contributed by atoms with Gasteiger partial charge in [-0.25, -0.2) is 0 Å². The van der Waals surface area contributed by atoms with Crippen LogP contribution in [-0.2, 0) is 25.7 Å².